The second-order valence-corrected chi connectivity index (χ2v) is 3.46. The summed E-state index contributed by atoms with van der Waals surface area (Å²) in [5.41, 5.74) is 0.709. The van der Waals surface area contributed by atoms with Gasteiger partial charge in [-0.3, -0.25) is 0 Å². The van der Waals surface area contributed by atoms with Crippen LogP contribution in [0.5, 0.6) is 5.75 Å². The Hall–Kier alpha value is -0.610. The van der Waals surface area contributed by atoms with Gasteiger partial charge in [-0.25, -0.2) is 4.39 Å². The average molecular weight is 249 g/mol. The lowest BCUT2D eigenvalue weighted by Crippen LogP contribution is -2.03. The van der Waals surface area contributed by atoms with Crippen molar-refractivity contribution < 1.29 is 14.2 Å². The number of rotatable bonds is 3. The summed E-state index contributed by atoms with van der Waals surface area (Å²) in [7, 11) is 0. The molecule has 1 N–H and O–H groups in total. The topological polar surface area (TPSA) is 29.5 Å². The zero-order valence-corrected chi connectivity index (χ0v) is 8.77. The first-order chi connectivity index (χ1) is 6.15. The van der Waals surface area contributed by atoms with Crippen LogP contribution in [-0.4, -0.2) is 18.3 Å². The van der Waals surface area contributed by atoms with Gasteiger partial charge in [0.1, 0.15) is 18.2 Å². The van der Waals surface area contributed by atoms with E-state index >= 15 is 0 Å². The van der Waals surface area contributed by atoms with Crippen molar-refractivity contribution in [3.8, 4) is 5.75 Å². The van der Waals surface area contributed by atoms with Crippen LogP contribution in [0.4, 0.5) is 4.39 Å². The maximum Gasteiger partial charge on any atom is 0.136 e. The van der Waals surface area contributed by atoms with E-state index in [-0.39, 0.29) is 19.0 Å². The van der Waals surface area contributed by atoms with Gasteiger partial charge in [0.15, 0.2) is 0 Å². The van der Waals surface area contributed by atoms with Gasteiger partial charge in [0.25, 0.3) is 0 Å². The highest BCUT2D eigenvalue weighted by Crippen LogP contribution is 2.29. The minimum Gasteiger partial charge on any atom is -0.490 e. The zero-order valence-electron chi connectivity index (χ0n) is 7.18. The Morgan fingerprint density at radius 1 is 1.54 bits per heavy atom. The Bertz CT molecular complexity index is 279. The van der Waals surface area contributed by atoms with Crippen molar-refractivity contribution in [2.24, 2.45) is 0 Å². The molecule has 72 valence electrons. The van der Waals surface area contributed by atoms with Crippen LogP contribution in [0.1, 0.15) is 5.56 Å². The molecule has 0 bridgehead atoms. The van der Waals surface area contributed by atoms with Gasteiger partial charge in [-0.2, -0.15) is 0 Å². The van der Waals surface area contributed by atoms with E-state index in [9.17, 15) is 4.39 Å². The van der Waals surface area contributed by atoms with E-state index in [0.29, 0.717) is 15.8 Å². The lowest BCUT2D eigenvalue weighted by atomic mass is 10.2. The highest BCUT2D eigenvalue weighted by Gasteiger charge is 2.06. The van der Waals surface area contributed by atoms with Gasteiger partial charge >= 0.3 is 0 Å². The van der Waals surface area contributed by atoms with E-state index in [1.807, 2.05) is 0 Å². The van der Waals surface area contributed by atoms with Crippen LogP contribution in [0.2, 0.25) is 0 Å². The summed E-state index contributed by atoms with van der Waals surface area (Å²) >= 11 is 3.18. The van der Waals surface area contributed by atoms with Gasteiger partial charge in [-0.15, -0.1) is 0 Å². The molecule has 2 nitrogen and oxygen atoms in total. The fourth-order valence-electron chi connectivity index (χ4n) is 1.02. The SMILES string of the molecule is Cc1cc(F)cc(Br)c1OCCO. The smallest absolute Gasteiger partial charge is 0.136 e. The van der Waals surface area contributed by atoms with Crippen molar-refractivity contribution in [1.82, 2.24) is 0 Å². The van der Waals surface area contributed by atoms with Crippen molar-refractivity contribution in [3.05, 3.63) is 28.0 Å². The van der Waals surface area contributed by atoms with Crippen molar-refractivity contribution >= 4 is 15.9 Å². The van der Waals surface area contributed by atoms with E-state index in [1.54, 1.807) is 6.92 Å². The van der Waals surface area contributed by atoms with Crippen molar-refractivity contribution in [2.45, 2.75) is 6.92 Å². The maximum absolute atomic E-state index is 12.8. The summed E-state index contributed by atoms with van der Waals surface area (Å²) in [5.74, 6) is 0.274. The van der Waals surface area contributed by atoms with Crippen LogP contribution in [0.25, 0.3) is 0 Å². The first kappa shape index (κ1) is 10.5. The Balaban J connectivity index is 2.92. The highest BCUT2D eigenvalue weighted by molar-refractivity contribution is 9.10. The number of ether oxygens (including phenoxy) is 1. The second kappa shape index (κ2) is 4.58. The number of benzene rings is 1. The van der Waals surface area contributed by atoms with E-state index in [2.05, 4.69) is 15.9 Å². The van der Waals surface area contributed by atoms with Crippen LogP contribution in [0, 0.1) is 12.7 Å². The van der Waals surface area contributed by atoms with Crippen LogP contribution in [0.15, 0.2) is 16.6 Å². The van der Waals surface area contributed by atoms with E-state index in [0.717, 1.165) is 0 Å². The standard InChI is InChI=1S/C9H10BrFO2/c1-6-4-7(11)5-8(10)9(6)13-3-2-12/h4-5,12H,2-3H2,1H3. The minimum absolute atomic E-state index is 0.0523. The summed E-state index contributed by atoms with van der Waals surface area (Å²) in [6, 6.07) is 2.72. The third kappa shape index (κ3) is 2.67. The first-order valence-electron chi connectivity index (χ1n) is 3.84. The highest BCUT2D eigenvalue weighted by atomic mass is 79.9. The molecule has 0 radical (unpaired) electrons. The quantitative estimate of drug-likeness (QED) is 0.890. The summed E-state index contributed by atoms with van der Waals surface area (Å²) in [5, 5.41) is 8.55. The Morgan fingerprint density at radius 3 is 2.77 bits per heavy atom. The lowest BCUT2D eigenvalue weighted by Gasteiger charge is -2.09. The lowest BCUT2D eigenvalue weighted by molar-refractivity contribution is 0.200. The molecule has 1 aromatic carbocycles. The molecule has 0 aliphatic heterocycles. The van der Waals surface area contributed by atoms with Crippen molar-refractivity contribution in [3.63, 3.8) is 0 Å². The number of hydrogen-bond donors (Lipinski definition) is 1. The predicted molar refractivity (Wildman–Crippen MR) is 51.4 cm³/mol. The average Bonchev–Trinajstić information content (AvgIpc) is 2.02. The second-order valence-electron chi connectivity index (χ2n) is 2.61. The van der Waals surface area contributed by atoms with Crippen molar-refractivity contribution in [1.29, 1.82) is 0 Å². The maximum atomic E-state index is 12.8. The monoisotopic (exact) mass is 248 g/mol. The summed E-state index contributed by atoms with van der Waals surface area (Å²) in [4.78, 5) is 0. The largest absolute Gasteiger partial charge is 0.490 e. The molecule has 0 aliphatic rings. The van der Waals surface area contributed by atoms with Crippen molar-refractivity contribution in [2.75, 3.05) is 13.2 Å². The first-order valence-corrected chi connectivity index (χ1v) is 4.63. The summed E-state index contributed by atoms with van der Waals surface area (Å²) < 4.78 is 18.6. The number of aliphatic hydroxyl groups is 1. The molecule has 1 aromatic rings. The molecule has 0 saturated carbocycles. The van der Waals surface area contributed by atoms with Gasteiger partial charge in [0.2, 0.25) is 0 Å². The molecule has 0 amide bonds. The molecule has 1 rings (SSSR count). The molecule has 0 unspecified atom stereocenters. The van der Waals surface area contributed by atoms with Gasteiger partial charge in [-0.1, -0.05) is 0 Å². The third-order valence-corrected chi connectivity index (χ3v) is 2.12. The molecule has 0 aliphatic carbocycles. The van der Waals surface area contributed by atoms with Crippen LogP contribution in [-0.2, 0) is 0 Å². The minimum atomic E-state index is -0.305. The summed E-state index contributed by atoms with van der Waals surface area (Å²) in [6.07, 6.45) is 0. The molecule has 0 atom stereocenters. The molecular formula is C9H10BrFO2. The zero-order chi connectivity index (χ0) is 9.84. The van der Waals surface area contributed by atoms with Gasteiger partial charge < -0.3 is 9.84 Å². The molecule has 13 heavy (non-hydrogen) atoms. The number of halogens is 2. The fourth-order valence-corrected chi connectivity index (χ4v) is 1.67. The molecule has 0 spiro atoms. The van der Waals surface area contributed by atoms with Gasteiger partial charge in [0.05, 0.1) is 11.1 Å². The molecule has 4 heteroatoms. The summed E-state index contributed by atoms with van der Waals surface area (Å²) in [6.45, 7) is 1.91. The predicted octanol–water partition coefficient (Wildman–Crippen LogP) is 2.27. The van der Waals surface area contributed by atoms with E-state index in [4.69, 9.17) is 9.84 Å². The van der Waals surface area contributed by atoms with Gasteiger partial charge in [0, 0.05) is 0 Å². The molecular weight excluding hydrogens is 239 g/mol. The Labute approximate surface area is 84.5 Å². The van der Waals surface area contributed by atoms with E-state index in [1.165, 1.54) is 12.1 Å². The van der Waals surface area contributed by atoms with Gasteiger partial charge in [-0.05, 0) is 40.5 Å². The number of aryl methyl sites for hydroxylation is 1. The molecule has 0 aromatic heterocycles. The van der Waals surface area contributed by atoms with E-state index < -0.39 is 0 Å². The molecule has 0 fully saturated rings. The molecule has 0 heterocycles. The van der Waals surface area contributed by atoms with Crippen LogP contribution in [0.3, 0.4) is 0 Å². The number of hydrogen-bond acceptors (Lipinski definition) is 2. The normalized spacial score (nSPS) is 10.2. The van der Waals surface area contributed by atoms with Crippen LogP contribution >= 0.6 is 15.9 Å². The third-order valence-electron chi connectivity index (χ3n) is 1.53. The molecule has 0 saturated heterocycles. The fraction of sp³-hybridized carbons (Fsp3) is 0.333. The number of aliphatic hydroxyl groups excluding tert-OH is 1. The van der Waals surface area contributed by atoms with Crippen LogP contribution < -0.4 is 4.74 Å². The Morgan fingerprint density at radius 2 is 2.23 bits per heavy atom. The Kier molecular flexibility index (Phi) is 3.69.